The maximum atomic E-state index is 5.16. The molecule has 1 aliphatic carbocycles. The maximum Gasteiger partial charge on any atom is 0.150 e. The van der Waals surface area contributed by atoms with Gasteiger partial charge in [0, 0.05) is 12.6 Å². The Morgan fingerprint density at radius 3 is 2.89 bits per heavy atom. The largest absolute Gasteiger partial charge is 0.360 e. The van der Waals surface area contributed by atoms with Crippen LogP contribution in [-0.2, 0) is 25.9 Å². The lowest BCUT2D eigenvalue weighted by Gasteiger charge is -2.05. The second kappa shape index (κ2) is 4.94. The number of aromatic nitrogens is 1. The molecule has 3 nitrogen and oxygen atoms in total. The zero-order valence-electron chi connectivity index (χ0n) is 10.7. The summed E-state index contributed by atoms with van der Waals surface area (Å²) in [5, 5.41) is 7.26. The molecule has 0 unspecified atom stereocenters. The zero-order valence-corrected chi connectivity index (χ0v) is 10.7. The third-order valence-corrected chi connectivity index (χ3v) is 3.47. The van der Waals surface area contributed by atoms with Crippen molar-refractivity contribution in [2.75, 3.05) is 0 Å². The summed E-state index contributed by atoms with van der Waals surface area (Å²) in [6.07, 6.45) is 3.80. The SMILES string of the molecule is Cc1cc(CNCc2ccc3c(c2)CCC3)on1. The Morgan fingerprint density at radius 2 is 2.06 bits per heavy atom. The van der Waals surface area contributed by atoms with E-state index in [1.165, 1.54) is 36.0 Å². The van der Waals surface area contributed by atoms with E-state index in [4.69, 9.17) is 4.52 Å². The highest BCUT2D eigenvalue weighted by Gasteiger charge is 2.10. The predicted molar refractivity (Wildman–Crippen MR) is 70.3 cm³/mol. The molecule has 0 amide bonds. The first-order valence-corrected chi connectivity index (χ1v) is 6.55. The number of nitrogens with zero attached hydrogens (tertiary/aromatic N) is 1. The van der Waals surface area contributed by atoms with Gasteiger partial charge in [-0.15, -0.1) is 0 Å². The van der Waals surface area contributed by atoms with E-state index in [0.29, 0.717) is 0 Å². The Hall–Kier alpha value is -1.61. The van der Waals surface area contributed by atoms with E-state index in [-0.39, 0.29) is 0 Å². The molecule has 1 N–H and O–H groups in total. The van der Waals surface area contributed by atoms with Crippen molar-refractivity contribution in [3.05, 3.63) is 52.4 Å². The first kappa shape index (κ1) is 11.5. The number of hydrogen-bond donors (Lipinski definition) is 1. The molecule has 18 heavy (non-hydrogen) atoms. The van der Waals surface area contributed by atoms with Gasteiger partial charge in [0.15, 0.2) is 5.76 Å². The molecule has 3 rings (SSSR count). The van der Waals surface area contributed by atoms with Gasteiger partial charge in [-0.2, -0.15) is 0 Å². The van der Waals surface area contributed by atoms with Crippen molar-refractivity contribution in [3.8, 4) is 0 Å². The molecule has 1 heterocycles. The summed E-state index contributed by atoms with van der Waals surface area (Å²) < 4.78 is 5.16. The summed E-state index contributed by atoms with van der Waals surface area (Å²) in [7, 11) is 0. The van der Waals surface area contributed by atoms with Crippen molar-refractivity contribution in [1.29, 1.82) is 0 Å². The van der Waals surface area contributed by atoms with E-state index < -0.39 is 0 Å². The van der Waals surface area contributed by atoms with E-state index >= 15 is 0 Å². The number of nitrogens with one attached hydrogen (secondary N) is 1. The van der Waals surface area contributed by atoms with E-state index in [1.54, 1.807) is 0 Å². The fourth-order valence-electron chi connectivity index (χ4n) is 2.56. The monoisotopic (exact) mass is 242 g/mol. The van der Waals surface area contributed by atoms with Crippen LogP contribution in [0.4, 0.5) is 0 Å². The lowest BCUT2D eigenvalue weighted by atomic mass is 10.1. The van der Waals surface area contributed by atoms with Crippen molar-refractivity contribution in [3.63, 3.8) is 0 Å². The van der Waals surface area contributed by atoms with Crippen LogP contribution in [0.2, 0.25) is 0 Å². The van der Waals surface area contributed by atoms with E-state index in [2.05, 4.69) is 28.7 Å². The first-order chi connectivity index (χ1) is 8.81. The van der Waals surface area contributed by atoms with Gasteiger partial charge in [-0.1, -0.05) is 23.4 Å². The summed E-state index contributed by atoms with van der Waals surface area (Å²) in [4.78, 5) is 0. The molecule has 0 bridgehead atoms. The van der Waals surface area contributed by atoms with Gasteiger partial charge in [0.25, 0.3) is 0 Å². The van der Waals surface area contributed by atoms with Crippen LogP contribution in [-0.4, -0.2) is 5.16 Å². The van der Waals surface area contributed by atoms with Crippen LogP contribution in [0.1, 0.15) is 34.6 Å². The van der Waals surface area contributed by atoms with Gasteiger partial charge >= 0.3 is 0 Å². The minimum Gasteiger partial charge on any atom is -0.360 e. The highest BCUT2D eigenvalue weighted by atomic mass is 16.5. The summed E-state index contributed by atoms with van der Waals surface area (Å²) in [5.41, 5.74) is 5.35. The van der Waals surface area contributed by atoms with Gasteiger partial charge in [-0.05, 0) is 42.9 Å². The van der Waals surface area contributed by atoms with Crippen LogP contribution in [0.5, 0.6) is 0 Å². The highest BCUT2D eigenvalue weighted by molar-refractivity contribution is 5.35. The normalized spacial score (nSPS) is 13.8. The van der Waals surface area contributed by atoms with Gasteiger partial charge in [0.05, 0.1) is 12.2 Å². The Morgan fingerprint density at radius 1 is 1.17 bits per heavy atom. The second-order valence-electron chi connectivity index (χ2n) is 4.99. The Balaban J connectivity index is 1.57. The summed E-state index contributed by atoms with van der Waals surface area (Å²) in [6, 6.07) is 8.80. The molecular weight excluding hydrogens is 224 g/mol. The van der Waals surface area contributed by atoms with Gasteiger partial charge < -0.3 is 9.84 Å². The summed E-state index contributed by atoms with van der Waals surface area (Å²) >= 11 is 0. The molecule has 0 saturated heterocycles. The van der Waals surface area contributed by atoms with Gasteiger partial charge in [0.2, 0.25) is 0 Å². The van der Waals surface area contributed by atoms with Crippen LogP contribution in [0.15, 0.2) is 28.8 Å². The third-order valence-electron chi connectivity index (χ3n) is 3.47. The fraction of sp³-hybridized carbons (Fsp3) is 0.400. The highest BCUT2D eigenvalue weighted by Crippen LogP contribution is 2.22. The Bertz CT molecular complexity index is 545. The molecule has 0 atom stereocenters. The average Bonchev–Trinajstić information content (AvgIpc) is 2.97. The molecule has 0 fully saturated rings. The molecule has 0 spiro atoms. The molecule has 94 valence electrons. The molecule has 0 aliphatic heterocycles. The topological polar surface area (TPSA) is 38.1 Å². The number of hydrogen-bond acceptors (Lipinski definition) is 3. The van der Waals surface area contributed by atoms with Gasteiger partial charge in [-0.25, -0.2) is 0 Å². The predicted octanol–water partition coefficient (Wildman–Crippen LogP) is 2.76. The molecule has 1 aromatic heterocycles. The quantitative estimate of drug-likeness (QED) is 0.896. The van der Waals surface area contributed by atoms with Crippen LogP contribution in [0.25, 0.3) is 0 Å². The van der Waals surface area contributed by atoms with Crippen LogP contribution in [0, 0.1) is 6.92 Å². The lowest BCUT2D eigenvalue weighted by Crippen LogP contribution is -2.12. The maximum absolute atomic E-state index is 5.16. The lowest BCUT2D eigenvalue weighted by molar-refractivity contribution is 0.369. The number of aryl methyl sites for hydroxylation is 3. The molecular formula is C15H18N2O. The molecule has 1 aliphatic rings. The van der Waals surface area contributed by atoms with Crippen LogP contribution < -0.4 is 5.32 Å². The van der Waals surface area contributed by atoms with Crippen LogP contribution >= 0.6 is 0 Å². The van der Waals surface area contributed by atoms with E-state index in [1.807, 2.05) is 13.0 Å². The Kier molecular flexibility index (Phi) is 3.15. The van der Waals surface area contributed by atoms with Gasteiger partial charge in [-0.3, -0.25) is 0 Å². The van der Waals surface area contributed by atoms with Crippen molar-refractivity contribution in [1.82, 2.24) is 10.5 Å². The van der Waals surface area contributed by atoms with Crippen molar-refractivity contribution >= 4 is 0 Å². The standard InChI is InChI=1S/C15H18N2O/c1-11-7-15(18-17-11)10-16-9-12-5-6-13-3-2-4-14(13)8-12/h5-8,16H,2-4,9-10H2,1H3. The van der Waals surface area contributed by atoms with Crippen molar-refractivity contribution in [2.24, 2.45) is 0 Å². The molecule has 3 heteroatoms. The molecule has 2 aromatic rings. The third kappa shape index (κ3) is 2.46. The van der Waals surface area contributed by atoms with Crippen molar-refractivity contribution in [2.45, 2.75) is 39.3 Å². The minimum atomic E-state index is 0.734. The van der Waals surface area contributed by atoms with E-state index in [9.17, 15) is 0 Å². The van der Waals surface area contributed by atoms with Crippen molar-refractivity contribution < 1.29 is 4.52 Å². The first-order valence-electron chi connectivity index (χ1n) is 6.55. The zero-order chi connectivity index (χ0) is 12.4. The smallest absolute Gasteiger partial charge is 0.150 e. The van der Waals surface area contributed by atoms with E-state index in [0.717, 1.165) is 24.5 Å². The Labute approximate surface area is 107 Å². The summed E-state index contributed by atoms with van der Waals surface area (Å²) in [5.74, 6) is 0.897. The molecule has 0 saturated carbocycles. The molecule has 0 radical (unpaired) electrons. The number of fused-ring (bicyclic) bond motifs is 1. The number of benzene rings is 1. The fourth-order valence-corrected chi connectivity index (χ4v) is 2.56. The minimum absolute atomic E-state index is 0.734. The molecule has 1 aromatic carbocycles. The second-order valence-corrected chi connectivity index (χ2v) is 4.99. The average molecular weight is 242 g/mol. The summed E-state index contributed by atoms with van der Waals surface area (Å²) in [6.45, 7) is 3.55. The van der Waals surface area contributed by atoms with Gasteiger partial charge in [0.1, 0.15) is 0 Å². The van der Waals surface area contributed by atoms with Crippen LogP contribution in [0.3, 0.4) is 0 Å². The number of rotatable bonds is 4.